The normalized spacial score (nSPS) is 13.0. The maximum Gasteiger partial charge on any atom is 0.354 e. The number of hydrogen-bond acceptors (Lipinski definition) is 6. The molecule has 0 saturated heterocycles. The van der Waals surface area contributed by atoms with Gasteiger partial charge in [0, 0.05) is 5.56 Å². The predicted octanol–water partition coefficient (Wildman–Crippen LogP) is 1.08. The zero-order valence-corrected chi connectivity index (χ0v) is 11.1. The van der Waals surface area contributed by atoms with Crippen molar-refractivity contribution in [2.24, 2.45) is 5.10 Å². The van der Waals surface area contributed by atoms with Crippen LogP contribution in [0.2, 0.25) is 0 Å². The first-order valence-electron chi connectivity index (χ1n) is 6.03. The quantitative estimate of drug-likeness (QED) is 0.506. The van der Waals surface area contributed by atoms with Gasteiger partial charge >= 0.3 is 5.97 Å². The molecule has 0 atom stereocenters. The Bertz CT molecular complexity index is 568. The van der Waals surface area contributed by atoms with Gasteiger partial charge in [0.05, 0.1) is 6.61 Å². The number of nitrogens with one attached hydrogen (secondary N) is 1. The molecule has 0 bridgehead atoms. The fraction of sp³-hybridized carbons (Fsp3) is 0.308. The van der Waals surface area contributed by atoms with E-state index in [0.717, 1.165) is 0 Å². The van der Waals surface area contributed by atoms with Gasteiger partial charge in [-0.25, -0.2) is 10.2 Å². The van der Waals surface area contributed by atoms with Crippen LogP contribution in [0, 0.1) is 0 Å². The lowest BCUT2D eigenvalue weighted by atomic mass is 10.2. The molecule has 7 heteroatoms. The summed E-state index contributed by atoms with van der Waals surface area (Å²) in [6.45, 7) is 3.54. The third-order valence-corrected chi connectivity index (χ3v) is 2.53. The summed E-state index contributed by atoms with van der Waals surface area (Å²) in [6.07, 6.45) is 0. The largest absolute Gasteiger partial charge is 0.461 e. The third kappa shape index (κ3) is 3.05. The van der Waals surface area contributed by atoms with Gasteiger partial charge in [-0.15, -0.1) is 0 Å². The monoisotopic (exact) mass is 278 g/mol. The Morgan fingerprint density at radius 3 is 2.85 bits per heavy atom. The summed E-state index contributed by atoms with van der Waals surface area (Å²) in [7, 11) is 0. The lowest BCUT2D eigenvalue weighted by molar-refractivity contribution is -0.135. The molecule has 1 N–H and O–H groups in total. The van der Waals surface area contributed by atoms with Crippen LogP contribution < -0.4 is 14.9 Å². The number of rotatable bonds is 4. The summed E-state index contributed by atoms with van der Waals surface area (Å²) >= 11 is 0. The Labute approximate surface area is 115 Å². The number of esters is 1. The second kappa shape index (κ2) is 6.05. The molecule has 0 unspecified atom stereocenters. The Morgan fingerprint density at radius 1 is 1.35 bits per heavy atom. The van der Waals surface area contributed by atoms with E-state index in [2.05, 4.69) is 10.5 Å². The van der Waals surface area contributed by atoms with E-state index in [0.29, 0.717) is 17.1 Å². The third-order valence-electron chi connectivity index (χ3n) is 2.53. The van der Waals surface area contributed by atoms with Crippen LogP contribution in [0.25, 0.3) is 0 Å². The number of benzene rings is 1. The number of hydrogen-bond donors (Lipinski definition) is 1. The fourth-order valence-electron chi connectivity index (χ4n) is 1.52. The maximum atomic E-state index is 11.9. The molecule has 1 aliphatic rings. The highest BCUT2D eigenvalue weighted by atomic mass is 16.7. The van der Waals surface area contributed by atoms with Crippen molar-refractivity contribution in [2.75, 3.05) is 13.4 Å². The molecule has 0 spiro atoms. The topological polar surface area (TPSA) is 86.2 Å². The van der Waals surface area contributed by atoms with Crippen LogP contribution in [0.3, 0.4) is 0 Å². The number of nitrogens with zero attached hydrogens (tertiary/aromatic N) is 1. The summed E-state index contributed by atoms with van der Waals surface area (Å²) in [6, 6.07) is 4.77. The van der Waals surface area contributed by atoms with Gasteiger partial charge in [-0.3, -0.25) is 4.79 Å². The van der Waals surface area contributed by atoms with Crippen molar-refractivity contribution in [1.82, 2.24) is 5.43 Å². The molecule has 0 fully saturated rings. The molecule has 1 heterocycles. The van der Waals surface area contributed by atoms with Crippen molar-refractivity contribution >= 4 is 17.6 Å². The van der Waals surface area contributed by atoms with Gasteiger partial charge in [0.1, 0.15) is 5.71 Å². The van der Waals surface area contributed by atoms with E-state index >= 15 is 0 Å². The highest BCUT2D eigenvalue weighted by molar-refractivity contribution is 6.35. The van der Waals surface area contributed by atoms with Crippen LogP contribution in [0.15, 0.2) is 23.3 Å². The number of carbonyl (C=O) groups is 2. The summed E-state index contributed by atoms with van der Waals surface area (Å²) in [4.78, 5) is 23.2. The SMILES string of the molecule is CCOC(=O)C(C)=NNC(=O)c1ccc2c(c1)OCO2. The van der Waals surface area contributed by atoms with Crippen molar-refractivity contribution < 1.29 is 23.8 Å². The Kier molecular flexibility index (Phi) is 4.19. The van der Waals surface area contributed by atoms with Crippen LogP contribution in [0.1, 0.15) is 24.2 Å². The fourth-order valence-corrected chi connectivity index (χ4v) is 1.52. The number of carbonyl (C=O) groups excluding carboxylic acids is 2. The second-order valence-corrected chi connectivity index (χ2v) is 3.93. The Balaban J connectivity index is 2.02. The van der Waals surface area contributed by atoms with Gasteiger partial charge in [0.15, 0.2) is 11.5 Å². The van der Waals surface area contributed by atoms with Crippen LogP contribution in [-0.4, -0.2) is 31.0 Å². The molecule has 1 aromatic carbocycles. The van der Waals surface area contributed by atoms with Crippen LogP contribution in [-0.2, 0) is 9.53 Å². The van der Waals surface area contributed by atoms with Crippen LogP contribution in [0.4, 0.5) is 0 Å². The minimum absolute atomic E-state index is 0.0703. The van der Waals surface area contributed by atoms with Crippen molar-refractivity contribution in [3.63, 3.8) is 0 Å². The van der Waals surface area contributed by atoms with Crippen molar-refractivity contribution in [2.45, 2.75) is 13.8 Å². The Morgan fingerprint density at radius 2 is 2.10 bits per heavy atom. The minimum Gasteiger partial charge on any atom is -0.461 e. The highest BCUT2D eigenvalue weighted by Gasteiger charge is 2.16. The summed E-state index contributed by atoms with van der Waals surface area (Å²) in [5.41, 5.74) is 2.71. The molecule has 0 aliphatic carbocycles. The minimum atomic E-state index is -0.571. The highest BCUT2D eigenvalue weighted by Crippen LogP contribution is 2.32. The molecule has 1 amide bonds. The van der Waals surface area contributed by atoms with E-state index in [1.165, 1.54) is 6.92 Å². The summed E-state index contributed by atoms with van der Waals surface area (Å²) in [5, 5.41) is 3.68. The van der Waals surface area contributed by atoms with Gasteiger partial charge in [-0.05, 0) is 32.0 Å². The van der Waals surface area contributed by atoms with E-state index in [4.69, 9.17) is 14.2 Å². The lowest BCUT2D eigenvalue weighted by Gasteiger charge is -2.03. The van der Waals surface area contributed by atoms with Crippen molar-refractivity contribution in [1.29, 1.82) is 0 Å². The van der Waals surface area contributed by atoms with Gasteiger partial charge in [-0.2, -0.15) is 5.10 Å². The van der Waals surface area contributed by atoms with Crippen molar-refractivity contribution in [3.05, 3.63) is 23.8 Å². The van der Waals surface area contributed by atoms with Gasteiger partial charge in [0.2, 0.25) is 6.79 Å². The number of hydrazone groups is 1. The van der Waals surface area contributed by atoms with E-state index in [9.17, 15) is 9.59 Å². The summed E-state index contributed by atoms with van der Waals surface area (Å²) < 4.78 is 15.1. The Hall–Kier alpha value is -2.57. The number of ether oxygens (including phenoxy) is 3. The van der Waals surface area contributed by atoms with Gasteiger partial charge < -0.3 is 14.2 Å². The van der Waals surface area contributed by atoms with E-state index in [1.54, 1.807) is 25.1 Å². The first kappa shape index (κ1) is 13.9. The standard InChI is InChI=1S/C13H14N2O5/c1-3-18-13(17)8(2)14-15-12(16)9-4-5-10-11(6-9)20-7-19-10/h4-6H,3,7H2,1-2H3,(H,15,16). The van der Waals surface area contributed by atoms with E-state index in [-0.39, 0.29) is 19.1 Å². The molecule has 0 radical (unpaired) electrons. The molecule has 1 aromatic rings. The van der Waals surface area contributed by atoms with Gasteiger partial charge in [0.25, 0.3) is 5.91 Å². The zero-order chi connectivity index (χ0) is 14.5. The van der Waals surface area contributed by atoms with Crippen molar-refractivity contribution in [3.8, 4) is 11.5 Å². The second-order valence-electron chi connectivity index (χ2n) is 3.93. The first-order valence-corrected chi connectivity index (χ1v) is 6.03. The average molecular weight is 278 g/mol. The maximum absolute atomic E-state index is 11.9. The number of amides is 1. The summed E-state index contributed by atoms with van der Waals surface area (Å²) in [5.74, 6) is 0.0712. The molecule has 20 heavy (non-hydrogen) atoms. The zero-order valence-electron chi connectivity index (χ0n) is 11.1. The van der Waals surface area contributed by atoms with Crippen LogP contribution in [0.5, 0.6) is 11.5 Å². The molecule has 7 nitrogen and oxygen atoms in total. The first-order chi connectivity index (χ1) is 9.61. The molecular weight excluding hydrogens is 264 g/mol. The van der Waals surface area contributed by atoms with E-state index < -0.39 is 11.9 Å². The molecule has 2 rings (SSSR count). The molecule has 1 aliphatic heterocycles. The molecular formula is C13H14N2O5. The predicted molar refractivity (Wildman–Crippen MR) is 69.8 cm³/mol. The molecule has 106 valence electrons. The number of fused-ring (bicyclic) bond motifs is 1. The lowest BCUT2D eigenvalue weighted by Crippen LogP contribution is -2.23. The van der Waals surface area contributed by atoms with Crippen LogP contribution >= 0.6 is 0 Å². The average Bonchev–Trinajstić information content (AvgIpc) is 2.91. The van der Waals surface area contributed by atoms with E-state index in [1.807, 2.05) is 0 Å². The van der Waals surface area contributed by atoms with Gasteiger partial charge in [-0.1, -0.05) is 0 Å². The smallest absolute Gasteiger partial charge is 0.354 e. The molecule has 0 aromatic heterocycles. The molecule has 0 saturated carbocycles.